The third-order valence-corrected chi connectivity index (χ3v) is 3.54. The van der Waals surface area contributed by atoms with Gasteiger partial charge in [0.15, 0.2) is 0 Å². The number of carboxylic acids is 1. The third-order valence-electron chi connectivity index (χ3n) is 3.54. The average molecular weight is 283 g/mol. The molecule has 0 spiro atoms. The Hall–Kier alpha value is -2.13. The zero-order valence-electron chi connectivity index (χ0n) is 12.5. The van der Waals surface area contributed by atoms with Gasteiger partial charge in [-0.3, -0.25) is 4.90 Å². The summed E-state index contributed by atoms with van der Waals surface area (Å²) in [4.78, 5) is 13.0. The minimum absolute atomic E-state index is 0.330. The van der Waals surface area contributed by atoms with Crippen molar-refractivity contribution < 1.29 is 9.90 Å². The highest BCUT2D eigenvalue weighted by Crippen LogP contribution is 2.11. The van der Waals surface area contributed by atoms with Gasteiger partial charge in [0.25, 0.3) is 0 Å². The summed E-state index contributed by atoms with van der Waals surface area (Å²) in [5, 5.41) is 8.88. The summed E-state index contributed by atoms with van der Waals surface area (Å²) < 4.78 is 0. The summed E-state index contributed by atoms with van der Waals surface area (Å²) in [5.74, 6) is -0.883. The number of hydrogen-bond acceptors (Lipinski definition) is 2. The lowest BCUT2D eigenvalue weighted by molar-refractivity contribution is 0.0697. The van der Waals surface area contributed by atoms with Gasteiger partial charge in [0.1, 0.15) is 0 Å². The Labute approximate surface area is 125 Å². The molecule has 2 rings (SSSR count). The molecule has 3 heteroatoms. The van der Waals surface area contributed by atoms with Crippen LogP contribution in [-0.2, 0) is 19.5 Å². The Bertz CT molecular complexity index is 588. The van der Waals surface area contributed by atoms with E-state index in [0.29, 0.717) is 5.56 Å². The quantitative estimate of drug-likeness (QED) is 0.881. The standard InChI is InChI=1S/C18H21NO2/c1-3-14-4-6-15(7-5-14)12-19(2)13-16-8-10-17(11-9-16)18(20)21/h4-11H,3,12-13H2,1-2H3,(H,20,21). The first kappa shape index (κ1) is 15.3. The molecular weight excluding hydrogens is 262 g/mol. The molecule has 0 aliphatic rings. The second-order valence-electron chi connectivity index (χ2n) is 5.34. The van der Waals surface area contributed by atoms with Gasteiger partial charge in [0.2, 0.25) is 0 Å². The fourth-order valence-electron chi connectivity index (χ4n) is 2.31. The SMILES string of the molecule is CCc1ccc(CN(C)Cc2ccc(C(=O)O)cc2)cc1. The summed E-state index contributed by atoms with van der Waals surface area (Å²) in [6.45, 7) is 3.84. The highest BCUT2D eigenvalue weighted by atomic mass is 16.4. The summed E-state index contributed by atoms with van der Waals surface area (Å²) >= 11 is 0. The van der Waals surface area contributed by atoms with Gasteiger partial charge in [-0.1, -0.05) is 43.3 Å². The molecule has 0 unspecified atom stereocenters. The molecule has 21 heavy (non-hydrogen) atoms. The maximum absolute atomic E-state index is 10.8. The van der Waals surface area contributed by atoms with Crippen LogP contribution in [0.25, 0.3) is 0 Å². The number of benzene rings is 2. The Morgan fingerprint density at radius 2 is 1.33 bits per heavy atom. The number of rotatable bonds is 6. The second-order valence-corrected chi connectivity index (χ2v) is 5.34. The molecule has 0 aromatic heterocycles. The van der Waals surface area contributed by atoms with Crippen molar-refractivity contribution in [3.8, 4) is 0 Å². The first-order valence-corrected chi connectivity index (χ1v) is 7.17. The number of carbonyl (C=O) groups is 1. The van der Waals surface area contributed by atoms with E-state index in [2.05, 4.69) is 43.1 Å². The van der Waals surface area contributed by atoms with Crippen LogP contribution in [0.4, 0.5) is 0 Å². The number of aryl methyl sites for hydroxylation is 1. The largest absolute Gasteiger partial charge is 0.478 e. The lowest BCUT2D eigenvalue weighted by atomic mass is 10.1. The van der Waals surface area contributed by atoms with Crippen LogP contribution in [0.15, 0.2) is 48.5 Å². The Balaban J connectivity index is 1.94. The highest BCUT2D eigenvalue weighted by Gasteiger charge is 2.05. The highest BCUT2D eigenvalue weighted by molar-refractivity contribution is 5.87. The van der Waals surface area contributed by atoms with Gasteiger partial charge >= 0.3 is 5.97 Å². The first-order chi connectivity index (χ1) is 10.1. The molecule has 0 aliphatic carbocycles. The van der Waals surface area contributed by atoms with Crippen LogP contribution in [0.1, 0.15) is 34.0 Å². The van der Waals surface area contributed by atoms with Crippen LogP contribution in [0.2, 0.25) is 0 Å². The third kappa shape index (κ3) is 4.43. The van der Waals surface area contributed by atoms with E-state index >= 15 is 0 Å². The first-order valence-electron chi connectivity index (χ1n) is 7.17. The van der Waals surface area contributed by atoms with Gasteiger partial charge in [-0.05, 0) is 42.3 Å². The predicted octanol–water partition coefficient (Wildman–Crippen LogP) is 3.58. The molecule has 0 saturated carbocycles. The van der Waals surface area contributed by atoms with Crippen molar-refractivity contribution in [2.45, 2.75) is 26.4 Å². The molecule has 0 fully saturated rings. The monoisotopic (exact) mass is 283 g/mol. The van der Waals surface area contributed by atoms with Gasteiger partial charge < -0.3 is 5.11 Å². The average Bonchev–Trinajstić information content (AvgIpc) is 2.48. The molecule has 0 aliphatic heterocycles. The number of aromatic carboxylic acids is 1. The molecular formula is C18H21NO2. The van der Waals surface area contributed by atoms with E-state index in [0.717, 1.165) is 25.1 Å². The maximum atomic E-state index is 10.8. The van der Waals surface area contributed by atoms with Crippen LogP contribution in [0.3, 0.4) is 0 Å². The molecule has 0 saturated heterocycles. The molecule has 110 valence electrons. The molecule has 2 aromatic rings. The topological polar surface area (TPSA) is 40.5 Å². The Kier molecular flexibility index (Phi) is 5.12. The van der Waals surface area contributed by atoms with Crippen LogP contribution >= 0.6 is 0 Å². The number of nitrogens with zero attached hydrogens (tertiary/aromatic N) is 1. The van der Waals surface area contributed by atoms with Crippen molar-refractivity contribution in [3.63, 3.8) is 0 Å². The van der Waals surface area contributed by atoms with E-state index in [1.165, 1.54) is 11.1 Å². The molecule has 0 radical (unpaired) electrons. The van der Waals surface area contributed by atoms with E-state index in [1.807, 2.05) is 12.1 Å². The summed E-state index contributed by atoms with van der Waals surface area (Å²) in [6.07, 6.45) is 1.06. The van der Waals surface area contributed by atoms with Crippen LogP contribution in [0, 0.1) is 0 Å². The van der Waals surface area contributed by atoms with Gasteiger partial charge in [-0.25, -0.2) is 4.79 Å². The zero-order valence-corrected chi connectivity index (χ0v) is 12.5. The molecule has 0 bridgehead atoms. The minimum atomic E-state index is -0.883. The molecule has 1 N–H and O–H groups in total. The predicted molar refractivity (Wildman–Crippen MR) is 84.4 cm³/mol. The van der Waals surface area contributed by atoms with E-state index < -0.39 is 5.97 Å². The molecule has 0 amide bonds. The number of carboxylic acid groups (broad SMARTS) is 1. The van der Waals surface area contributed by atoms with E-state index in [4.69, 9.17) is 5.11 Å². The maximum Gasteiger partial charge on any atom is 0.335 e. The van der Waals surface area contributed by atoms with Gasteiger partial charge in [-0.2, -0.15) is 0 Å². The van der Waals surface area contributed by atoms with Gasteiger partial charge in [-0.15, -0.1) is 0 Å². The van der Waals surface area contributed by atoms with Crippen molar-refractivity contribution in [2.75, 3.05) is 7.05 Å². The van der Waals surface area contributed by atoms with E-state index in [9.17, 15) is 4.79 Å². The molecule has 0 heterocycles. The van der Waals surface area contributed by atoms with Gasteiger partial charge in [0, 0.05) is 13.1 Å². The second kappa shape index (κ2) is 7.04. The lowest BCUT2D eigenvalue weighted by Gasteiger charge is -2.17. The van der Waals surface area contributed by atoms with Crippen LogP contribution in [0.5, 0.6) is 0 Å². The van der Waals surface area contributed by atoms with Crippen molar-refractivity contribution in [1.82, 2.24) is 4.90 Å². The van der Waals surface area contributed by atoms with Crippen molar-refractivity contribution >= 4 is 5.97 Å². The lowest BCUT2D eigenvalue weighted by Crippen LogP contribution is -2.17. The molecule has 2 aromatic carbocycles. The van der Waals surface area contributed by atoms with Crippen LogP contribution < -0.4 is 0 Å². The van der Waals surface area contributed by atoms with Crippen molar-refractivity contribution in [1.29, 1.82) is 0 Å². The normalized spacial score (nSPS) is 10.8. The zero-order chi connectivity index (χ0) is 15.2. The summed E-state index contributed by atoms with van der Waals surface area (Å²) in [6, 6.07) is 15.7. The fourth-order valence-corrected chi connectivity index (χ4v) is 2.31. The number of hydrogen-bond donors (Lipinski definition) is 1. The Morgan fingerprint density at radius 1 is 0.905 bits per heavy atom. The van der Waals surface area contributed by atoms with Gasteiger partial charge in [0.05, 0.1) is 5.56 Å². The minimum Gasteiger partial charge on any atom is -0.478 e. The van der Waals surface area contributed by atoms with E-state index in [-0.39, 0.29) is 0 Å². The molecule has 0 atom stereocenters. The van der Waals surface area contributed by atoms with Crippen molar-refractivity contribution in [2.24, 2.45) is 0 Å². The van der Waals surface area contributed by atoms with Crippen LogP contribution in [-0.4, -0.2) is 23.0 Å². The van der Waals surface area contributed by atoms with E-state index in [1.54, 1.807) is 12.1 Å². The fraction of sp³-hybridized carbons (Fsp3) is 0.278. The molecule has 3 nitrogen and oxygen atoms in total. The smallest absolute Gasteiger partial charge is 0.335 e. The van der Waals surface area contributed by atoms with Crippen molar-refractivity contribution in [3.05, 3.63) is 70.8 Å². The summed E-state index contributed by atoms with van der Waals surface area (Å²) in [7, 11) is 2.07. The summed E-state index contributed by atoms with van der Waals surface area (Å²) in [5.41, 5.74) is 4.09. The Morgan fingerprint density at radius 3 is 1.76 bits per heavy atom.